The van der Waals surface area contributed by atoms with Crippen LogP contribution in [0.4, 0.5) is 0 Å². The Labute approximate surface area is 134 Å². The van der Waals surface area contributed by atoms with Crippen molar-refractivity contribution in [1.29, 1.82) is 5.26 Å². The van der Waals surface area contributed by atoms with Crippen LogP contribution < -0.4 is 4.74 Å². The minimum absolute atomic E-state index is 0.388. The number of methoxy groups -OCH3 is 1. The largest absolute Gasteiger partial charge is 0.492 e. The minimum Gasteiger partial charge on any atom is -0.492 e. The first-order valence-electron chi connectivity index (χ1n) is 7.71. The lowest BCUT2D eigenvalue weighted by molar-refractivity contribution is 0.408. The average Bonchev–Trinajstić information content (AvgIpc) is 3.34. The monoisotopic (exact) mass is 304 g/mol. The van der Waals surface area contributed by atoms with Crippen LogP contribution in [0.5, 0.6) is 5.75 Å². The third kappa shape index (κ3) is 2.08. The second-order valence-electron chi connectivity index (χ2n) is 5.89. The molecule has 3 aromatic rings. The SMILES string of the molecule is COc1c(-c2ccccc2)c(C)c(C#N)c2nc(C3CC3)oc12. The molecule has 1 aliphatic carbocycles. The van der Waals surface area contributed by atoms with Crippen molar-refractivity contribution >= 4 is 11.1 Å². The fourth-order valence-corrected chi connectivity index (χ4v) is 3.04. The Hall–Kier alpha value is -2.80. The summed E-state index contributed by atoms with van der Waals surface area (Å²) in [7, 11) is 1.63. The molecular weight excluding hydrogens is 288 g/mol. The highest BCUT2D eigenvalue weighted by molar-refractivity contribution is 5.95. The maximum absolute atomic E-state index is 9.64. The third-order valence-corrected chi connectivity index (χ3v) is 4.37. The lowest BCUT2D eigenvalue weighted by Crippen LogP contribution is -1.96. The lowest BCUT2D eigenvalue weighted by atomic mass is 9.94. The molecule has 0 saturated heterocycles. The topological polar surface area (TPSA) is 59.0 Å². The summed E-state index contributed by atoms with van der Waals surface area (Å²) in [5, 5.41) is 9.64. The lowest BCUT2D eigenvalue weighted by Gasteiger charge is -2.13. The molecule has 1 saturated carbocycles. The molecule has 0 spiro atoms. The Kier molecular flexibility index (Phi) is 3.09. The van der Waals surface area contributed by atoms with Crippen LogP contribution in [0.1, 0.15) is 35.8 Å². The van der Waals surface area contributed by atoms with Gasteiger partial charge in [0.15, 0.2) is 17.2 Å². The summed E-state index contributed by atoms with van der Waals surface area (Å²) in [5.41, 5.74) is 4.54. The number of nitriles is 1. The van der Waals surface area contributed by atoms with Gasteiger partial charge in [0.2, 0.25) is 0 Å². The van der Waals surface area contributed by atoms with Crippen LogP contribution in [-0.2, 0) is 0 Å². The first kappa shape index (κ1) is 13.8. The number of hydrogen-bond acceptors (Lipinski definition) is 4. The van der Waals surface area contributed by atoms with Gasteiger partial charge >= 0.3 is 0 Å². The zero-order valence-electron chi connectivity index (χ0n) is 13.1. The van der Waals surface area contributed by atoms with E-state index in [0.29, 0.717) is 28.3 Å². The molecule has 1 aromatic heterocycles. The van der Waals surface area contributed by atoms with Gasteiger partial charge in [0.1, 0.15) is 11.6 Å². The highest BCUT2D eigenvalue weighted by Crippen LogP contribution is 2.46. The molecule has 0 aliphatic heterocycles. The van der Waals surface area contributed by atoms with E-state index < -0.39 is 0 Å². The number of ether oxygens (including phenoxy) is 1. The molecule has 4 rings (SSSR count). The van der Waals surface area contributed by atoms with Crippen molar-refractivity contribution in [2.75, 3.05) is 7.11 Å². The fourth-order valence-electron chi connectivity index (χ4n) is 3.04. The van der Waals surface area contributed by atoms with Gasteiger partial charge in [-0.05, 0) is 30.9 Å². The number of benzene rings is 2. The quantitative estimate of drug-likeness (QED) is 0.711. The molecule has 1 heterocycles. The number of aromatic nitrogens is 1. The molecule has 0 radical (unpaired) electrons. The normalized spacial score (nSPS) is 14.0. The van der Waals surface area contributed by atoms with E-state index in [1.807, 2.05) is 37.3 Å². The van der Waals surface area contributed by atoms with Crippen molar-refractivity contribution in [3.05, 3.63) is 47.3 Å². The molecule has 1 fully saturated rings. The van der Waals surface area contributed by atoms with Crippen molar-refractivity contribution in [3.8, 4) is 22.9 Å². The van der Waals surface area contributed by atoms with E-state index >= 15 is 0 Å². The zero-order chi connectivity index (χ0) is 16.0. The third-order valence-electron chi connectivity index (χ3n) is 4.37. The van der Waals surface area contributed by atoms with E-state index in [1.165, 1.54) is 0 Å². The van der Waals surface area contributed by atoms with Gasteiger partial charge in [-0.1, -0.05) is 30.3 Å². The van der Waals surface area contributed by atoms with E-state index in [9.17, 15) is 5.26 Å². The van der Waals surface area contributed by atoms with Gasteiger partial charge in [-0.15, -0.1) is 0 Å². The molecule has 23 heavy (non-hydrogen) atoms. The van der Waals surface area contributed by atoms with Crippen LogP contribution >= 0.6 is 0 Å². The van der Waals surface area contributed by atoms with Crippen molar-refractivity contribution in [1.82, 2.24) is 4.98 Å². The van der Waals surface area contributed by atoms with Gasteiger partial charge in [-0.25, -0.2) is 4.98 Å². The number of rotatable bonds is 3. The second kappa shape index (κ2) is 5.13. The molecule has 114 valence electrons. The van der Waals surface area contributed by atoms with Crippen molar-refractivity contribution in [2.24, 2.45) is 0 Å². The average molecular weight is 304 g/mol. The summed E-state index contributed by atoms with van der Waals surface area (Å²) in [6.45, 7) is 1.94. The maximum atomic E-state index is 9.64. The van der Waals surface area contributed by atoms with Gasteiger partial charge in [-0.2, -0.15) is 5.26 Å². The molecule has 0 bridgehead atoms. The summed E-state index contributed by atoms with van der Waals surface area (Å²) in [6.07, 6.45) is 2.20. The molecule has 1 aliphatic rings. The van der Waals surface area contributed by atoms with Crippen molar-refractivity contribution in [2.45, 2.75) is 25.7 Å². The number of hydrogen-bond donors (Lipinski definition) is 0. The molecule has 4 nitrogen and oxygen atoms in total. The summed E-state index contributed by atoms with van der Waals surface area (Å²) in [5.74, 6) is 1.76. The van der Waals surface area contributed by atoms with E-state index in [2.05, 4.69) is 11.1 Å². The van der Waals surface area contributed by atoms with Crippen LogP contribution in [-0.4, -0.2) is 12.1 Å². The number of fused-ring (bicyclic) bond motifs is 1. The highest BCUT2D eigenvalue weighted by atomic mass is 16.5. The maximum Gasteiger partial charge on any atom is 0.198 e. The Morgan fingerprint density at radius 1 is 1.26 bits per heavy atom. The van der Waals surface area contributed by atoms with Gasteiger partial charge in [-0.3, -0.25) is 0 Å². The Bertz CT molecular complexity index is 932. The number of nitrogens with zero attached hydrogens (tertiary/aromatic N) is 2. The van der Waals surface area contributed by atoms with Gasteiger partial charge in [0, 0.05) is 11.5 Å². The van der Waals surface area contributed by atoms with Gasteiger partial charge in [0.25, 0.3) is 0 Å². The fraction of sp³-hybridized carbons (Fsp3) is 0.263. The standard InChI is InChI=1S/C19H16N2O2/c1-11-14(10-20)16-18(23-19(21-16)13-8-9-13)17(22-2)15(11)12-6-4-3-5-7-12/h3-7,13H,8-9H2,1-2H3. The Morgan fingerprint density at radius 3 is 2.61 bits per heavy atom. The van der Waals surface area contributed by atoms with E-state index in [-0.39, 0.29) is 0 Å². The molecule has 0 N–H and O–H groups in total. The minimum atomic E-state index is 0.388. The summed E-state index contributed by atoms with van der Waals surface area (Å²) in [6, 6.07) is 12.2. The zero-order valence-corrected chi connectivity index (χ0v) is 13.1. The van der Waals surface area contributed by atoms with Crippen molar-refractivity contribution in [3.63, 3.8) is 0 Å². The Morgan fingerprint density at radius 2 is 2.00 bits per heavy atom. The van der Waals surface area contributed by atoms with Crippen LogP contribution in [0.3, 0.4) is 0 Å². The highest BCUT2D eigenvalue weighted by Gasteiger charge is 2.31. The molecule has 0 amide bonds. The van der Waals surface area contributed by atoms with Crippen LogP contribution in [0, 0.1) is 18.3 Å². The van der Waals surface area contributed by atoms with Crippen LogP contribution in [0.25, 0.3) is 22.2 Å². The summed E-state index contributed by atoms with van der Waals surface area (Å²) in [4.78, 5) is 4.58. The first-order chi connectivity index (χ1) is 11.2. The van der Waals surface area contributed by atoms with E-state index in [1.54, 1.807) is 7.11 Å². The van der Waals surface area contributed by atoms with E-state index in [4.69, 9.17) is 9.15 Å². The predicted octanol–water partition coefficient (Wildman–Crippen LogP) is 4.56. The molecule has 0 unspecified atom stereocenters. The summed E-state index contributed by atoms with van der Waals surface area (Å²) < 4.78 is 11.7. The molecule has 2 aromatic carbocycles. The molecule has 4 heteroatoms. The molecule has 0 atom stereocenters. The van der Waals surface area contributed by atoms with Crippen LogP contribution in [0.2, 0.25) is 0 Å². The predicted molar refractivity (Wildman–Crippen MR) is 87.4 cm³/mol. The smallest absolute Gasteiger partial charge is 0.198 e. The van der Waals surface area contributed by atoms with Gasteiger partial charge < -0.3 is 9.15 Å². The van der Waals surface area contributed by atoms with Crippen LogP contribution in [0.15, 0.2) is 34.7 Å². The van der Waals surface area contributed by atoms with Crippen molar-refractivity contribution < 1.29 is 9.15 Å². The van der Waals surface area contributed by atoms with Gasteiger partial charge in [0.05, 0.1) is 12.7 Å². The molecular formula is C19H16N2O2. The Balaban J connectivity index is 2.09. The summed E-state index contributed by atoms with van der Waals surface area (Å²) >= 11 is 0. The van der Waals surface area contributed by atoms with E-state index in [0.717, 1.165) is 35.4 Å². The number of oxazole rings is 1. The first-order valence-corrected chi connectivity index (χ1v) is 7.71. The second-order valence-corrected chi connectivity index (χ2v) is 5.89.